The highest BCUT2D eigenvalue weighted by Crippen LogP contribution is 2.24. The number of likely N-dealkylation sites (tertiary alicyclic amines) is 1. The summed E-state index contributed by atoms with van der Waals surface area (Å²) in [6, 6.07) is 12.2. The Bertz CT molecular complexity index is 702. The standard InChI is InChI=1S/C22H28N2O2/c1-3-26-21-10-7-18(8-11-21)5-6-19-12-14-24(15-13-19)22(25)20-9-4-17(2)23-16-20/h4,7-11,16,19H,3,5-6,12-15H2,1-2H3. The second-order valence-electron chi connectivity index (χ2n) is 7.04. The van der Waals surface area contributed by atoms with Gasteiger partial charge < -0.3 is 9.64 Å². The molecule has 0 radical (unpaired) electrons. The number of ether oxygens (including phenoxy) is 1. The predicted octanol–water partition coefficient (Wildman–Crippen LogP) is 4.27. The molecule has 2 aromatic rings. The molecule has 1 saturated heterocycles. The molecule has 3 rings (SSSR count). The summed E-state index contributed by atoms with van der Waals surface area (Å²) in [5, 5.41) is 0. The monoisotopic (exact) mass is 352 g/mol. The maximum absolute atomic E-state index is 12.6. The Kier molecular flexibility index (Phi) is 6.26. The van der Waals surface area contributed by atoms with E-state index in [0.717, 1.165) is 43.8 Å². The second kappa shape index (κ2) is 8.84. The fraction of sp³-hybridized carbons (Fsp3) is 0.455. The van der Waals surface area contributed by atoms with Crippen molar-refractivity contribution in [2.45, 2.75) is 39.5 Å². The van der Waals surface area contributed by atoms with Crippen LogP contribution in [0, 0.1) is 12.8 Å². The molecular weight excluding hydrogens is 324 g/mol. The molecule has 1 aliphatic heterocycles. The summed E-state index contributed by atoms with van der Waals surface area (Å²) in [4.78, 5) is 18.8. The van der Waals surface area contributed by atoms with E-state index in [-0.39, 0.29) is 5.91 Å². The molecule has 0 unspecified atom stereocenters. The lowest BCUT2D eigenvalue weighted by atomic mass is 9.90. The van der Waals surface area contributed by atoms with Crippen LogP contribution in [-0.2, 0) is 6.42 Å². The molecule has 2 heterocycles. The number of aromatic nitrogens is 1. The lowest BCUT2D eigenvalue weighted by Crippen LogP contribution is -2.38. The quantitative estimate of drug-likeness (QED) is 0.779. The van der Waals surface area contributed by atoms with Gasteiger partial charge in [-0.1, -0.05) is 12.1 Å². The number of pyridine rings is 1. The molecule has 4 nitrogen and oxygen atoms in total. The van der Waals surface area contributed by atoms with Crippen molar-refractivity contribution in [1.82, 2.24) is 9.88 Å². The molecule has 0 aliphatic carbocycles. The van der Waals surface area contributed by atoms with E-state index in [9.17, 15) is 4.79 Å². The van der Waals surface area contributed by atoms with Crippen molar-refractivity contribution in [2.24, 2.45) is 5.92 Å². The number of benzene rings is 1. The summed E-state index contributed by atoms with van der Waals surface area (Å²) < 4.78 is 5.49. The largest absolute Gasteiger partial charge is 0.494 e. The fourth-order valence-electron chi connectivity index (χ4n) is 3.49. The molecule has 0 saturated carbocycles. The molecule has 138 valence electrons. The molecule has 0 atom stereocenters. The normalized spacial score (nSPS) is 15.1. The third-order valence-corrected chi connectivity index (χ3v) is 5.14. The number of rotatable bonds is 6. The van der Waals surface area contributed by atoms with E-state index < -0.39 is 0 Å². The van der Waals surface area contributed by atoms with E-state index >= 15 is 0 Å². The SMILES string of the molecule is CCOc1ccc(CCC2CCN(C(=O)c3ccc(C)nc3)CC2)cc1. The van der Waals surface area contributed by atoms with Crippen LogP contribution in [0.5, 0.6) is 5.75 Å². The molecule has 4 heteroatoms. The molecule has 0 spiro atoms. The number of aryl methyl sites for hydroxylation is 2. The van der Waals surface area contributed by atoms with Crippen LogP contribution in [-0.4, -0.2) is 35.5 Å². The Balaban J connectivity index is 1.44. The van der Waals surface area contributed by atoms with Crippen molar-refractivity contribution in [3.63, 3.8) is 0 Å². The molecule has 0 N–H and O–H groups in total. The number of amides is 1. The number of hydrogen-bond acceptors (Lipinski definition) is 3. The van der Waals surface area contributed by atoms with Crippen molar-refractivity contribution in [2.75, 3.05) is 19.7 Å². The number of nitrogens with zero attached hydrogens (tertiary/aromatic N) is 2. The van der Waals surface area contributed by atoms with Gasteiger partial charge >= 0.3 is 0 Å². The maximum atomic E-state index is 12.6. The van der Waals surface area contributed by atoms with Crippen LogP contribution in [0.4, 0.5) is 0 Å². The van der Waals surface area contributed by atoms with Crippen LogP contribution in [0.25, 0.3) is 0 Å². The third-order valence-electron chi connectivity index (χ3n) is 5.14. The molecule has 1 aliphatic rings. The lowest BCUT2D eigenvalue weighted by Gasteiger charge is -2.32. The van der Waals surface area contributed by atoms with Crippen LogP contribution >= 0.6 is 0 Å². The zero-order valence-corrected chi connectivity index (χ0v) is 15.8. The van der Waals surface area contributed by atoms with Gasteiger partial charge in [-0.3, -0.25) is 9.78 Å². The summed E-state index contributed by atoms with van der Waals surface area (Å²) in [6.07, 6.45) is 6.13. The highest BCUT2D eigenvalue weighted by Gasteiger charge is 2.23. The molecule has 1 fully saturated rings. The molecule has 1 aromatic heterocycles. The number of carbonyl (C=O) groups excluding carboxylic acids is 1. The summed E-state index contributed by atoms with van der Waals surface area (Å²) in [5.41, 5.74) is 3.00. The lowest BCUT2D eigenvalue weighted by molar-refractivity contribution is 0.0686. The van der Waals surface area contributed by atoms with Gasteiger partial charge in [-0.2, -0.15) is 0 Å². The average Bonchev–Trinajstić information content (AvgIpc) is 2.68. The smallest absolute Gasteiger partial charge is 0.255 e. The summed E-state index contributed by atoms with van der Waals surface area (Å²) in [6.45, 7) is 6.33. The molecule has 0 bridgehead atoms. The zero-order valence-electron chi connectivity index (χ0n) is 15.8. The summed E-state index contributed by atoms with van der Waals surface area (Å²) in [5.74, 6) is 1.75. The van der Waals surface area contributed by atoms with E-state index in [2.05, 4.69) is 29.2 Å². The first-order chi connectivity index (χ1) is 12.7. The van der Waals surface area contributed by atoms with Crippen molar-refractivity contribution >= 4 is 5.91 Å². The van der Waals surface area contributed by atoms with Gasteiger partial charge in [0.1, 0.15) is 5.75 Å². The van der Waals surface area contributed by atoms with Crippen molar-refractivity contribution in [1.29, 1.82) is 0 Å². The van der Waals surface area contributed by atoms with Crippen LogP contribution in [0.15, 0.2) is 42.6 Å². The topological polar surface area (TPSA) is 42.4 Å². The van der Waals surface area contributed by atoms with E-state index in [4.69, 9.17) is 4.74 Å². The van der Waals surface area contributed by atoms with Crippen molar-refractivity contribution in [3.8, 4) is 5.75 Å². The minimum absolute atomic E-state index is 0.113. The average molecular weight is 352 g/mol. The first-order valence-corrected chi connectivity index (χ1v) is 9.59. The fourth-order valence-corrected chi connectivity index (χ4v) is 3.49. The number of hydrogen-bond donors (Lipinski definition) is 0. The Morgan fingerprint density at radius 2 is 1.88 bits per heavy atom. The maximum Gasteiger partial charge on any atom is 0.255 e. The highest BCUT2D eigenvalue weighted by molar-refractivity contribution is 5.93. The first kappa shape index (κ1) is 18.4. The van der Waals surface area contributed by atoms with E-state index in [1.807, 2.05) is 30.9 Å². The minimum atomic E-state index is 0.113. The van der Waals surface area contributed by atoms with Gasteiger partial charge in [0.15, 0.2) is 0 Å². The van der Waals surface area contributed by atoms with Crippen LogP contribution in [0.2, 0.25) is 0 Å². The van der Waals surface area contributed by atoms with Gasteiger partial charge in [0, 0.05) is 25.0 Å². The first-order valence-electron chi connectivity index (χ1n) is 9.59. The Hall–Kier alpha value is -2.36. The number of carbonyl (C=O) groups is 1. The third kappa shape index (κ3) is 4.84. The molecule has 26 heavy (non-hydrogen) atoms. The Morgan fingerprint density at radius 3 is 2.50 bits per heavy atom. The van der Waals surface area contributed by atoms with Crippen molar-refractivity contribution < 1.29 is 9.53 Å². The summed E-state index contributed by atoms with van der Waals surface area (Å²) in [7, 11) is 0. The number of piperidine rings is 1. The molecular formula is C22H28N2O2. The van der Waals surface area contributed by atoms with Gasteiger partial charge in [-0.25, -0.2) is 0 Å². The molecule has 1 amide bonds. The van der Waals surface area contributed by atoms with Gasteiger partial charge in [0.25, 0.3) is 5.91 Å². The van der Waals surface area contributed by atoms with Crippen LogP contribution in [0.3, 0.4) is 0 Å². The second-order valence-corrected chi connectivity index (χ2v) is 7.04. The van der Waals surface area contributed by atoms with E-state index in [1.54, 1.807) is 6.20 Å². The van der Waals surface area contributed by atoms with Crippen LogP contribution < -0.4 is 4.74 Å². The highest BCUT2D eigenvalue weighted by atomic mass is 16.5. The Labute approximate surface area is 156 Å². The van der Waals surface area contributed by atoms with Gasteiger partial charge in [0.05, 0.1) is 12.2 Å². The zero-order chi connectivity index (χ0) is 18.4. The minimum Gasteiger partial charge on any atom is -0.494 e. The van der Waals surface area contributed by atoms with Crippen LogP contribution in [0.1, 0.15) is 47.8 Å². The Morgan fingerprint density at radius 1 is 1.15 bits per heavy atom. The van der Waals surface area contributed by atoms with Gasteiger partial charge in [-0.05, 0) is 75.3 Å². The van der Waals surface area contributed by atoms with Crippen molar-refractivity contribution in [3.05, 3.63) is 59.4 Å². The van der Waals surface area contributed by atoms with E-state index in [0.29, 0.717) is 18.1 Å². The molecule has 1 aromatic carbocycles. The predicted molar refractivity (Wildman–Crippen MR) is 104 cm³/mol. The van der Waals surface area contributed by atoms with Gasteiger partial charge in [-0.15, -0.1) is 0 Å². The van der Waals surface area contributed by atoms with E-state index in [1.165, 1.54) is 12.0 Å². The summed E-state index contributed by atoms with van der Waals surface area (Å²) >= 11 is 0. The van der Waals surface area contributed by atoms with Gasteiger partial charge in [0.2, 0.25) is 0 Å².